The minimum Gasteiger partial charge on any atom is -0.337 e. The first-order chi connectivity index (χ1) is 9.49. The summed E-state index contributed by atoms with van der Waals surface area (Å²) in [7, 11) is 1.66. The lowest BCUT2D eigenvalue weighted by atomic mass is 10.1. The molecule has 0 aromatic heterocycles. The molecule has 2 rings (SSSR count). The molecule has 5 heteroatoms. The van der Waals surface area contributed by atoms with E-state index in [2.05, 4.69) is 31.9 Å². The average molecular weight is 401 g/mol. The summed E-state index contributed by atoms with van der Waals surface area (Å²) in [6, 6.07) is 12.4. The molecule has 0 N–H and O–H groups in total. The predicted molar refractivity (Wildman–Crippen MR) is 84.0 cm³/mol. The smallest absolute Gasteiger partial charge is 0.256 e. The second kappa shape index (κ2) is 6.50. The molecule has 0 saturated heterocycles. The van der Waals surface area contributed by atoms with Crippen molar-refractivity contribution in [3.63, 3.8) is 0 Å². The maximum absolute atomic E-state index is 13.9. The zero-order valence-electron chi connectivity index (χ0n) is 10.7. The van der Waals surface area contributed by atoms with Crippen LogP contribution in [0.5, 0.6) is 0 Å². The van der Waals surface area contributed by atoms with Gasteiger partial charge in [0.25, 0.3) is 5.91 Å². The number of rotatable bonds is 3. The third kappa shape index (κ3) is 3.46. The predicted octanol–water partition coefficient (Wildman–Crippen LogP) is 4.62. The lowest BCUT2D eigenvalue weighted by molar-refractivity contribution is 0.0780. The topological polar surface area (TPSA) is 20.3 Å². The Bertz CT molecular complexity index is 628. The van der Waals surface area contributed by atoms with Crippen LogP contribution in [0.3, 0.4) is 0 Å². The molecule has 1 amide bonds. The number of hydrogen-bond donors (Lipinski definition) is 0. The van der Waals surface area contributed by atoms with Crippen molar-refractivity contribution in [1.29, 1.82) is 0 Å². The third-order valence-electron chi connectivity index (χ3n) is 2.86. The number of hydrogen-bond acceptors (Lipinski definition) is 1. The van der Waals surface area contributed by atoms with Crippen molar-refractivity contribution in [2.75, 3.05) is 7.05 Å². The Hall–Kier alpha value is -1.20. The third-order valence-corrected chi connectivity index (χ3v) is 4.00. The standard InChI is InChI=1S/C15H12Br2FNO/c1-19(9-10-5-7-11(16)8-6-10)15(20)12-3-2-4-13(17)14(12)18/h2-8H,9H2,1H3. The summed E-state index contributed by atoms with van der Waals surface area (Å²) in [5, 5.41) is 0. The summed E-state index contributed by atoms with van der Waals surface area (Å²) in [5.41, 5.74) is 1.05. The van der Waals surface area contributed by atoms with Gasteiger partial charge in [-0.25, -0.2) is 4.39 Å². The first-order valence-corrected chi connectivity index (χ1v) is 7.51. The summed E-state index contributed by atoms with van der Waals surface area (Å²) in [6.07, 6.45) is 0. The van der Waals surface area contributed by atoms with Crippen molar-refractivity contribution in [2.45, 2.75) is 6.54 Å². The van der Waals surface area contributed by atoms with E-state index in [-0.39, 0.29) is 11.5 Å². The Labute approximate surface area is 133 Å². The summed E-state index contributed by atoms with van der Waals surface area (Å²) >= 11 is 6.45. The molecule has 0 unspecified atom stereocenters. The SMILES string of the molecule is CN(Cc1ccc(Br)cc1)C(=O)c1cccc(Br)c1F. The van der Waals surface area contributed by atoms with E-state index >= 15 is 0 Å². The van der Waals surface area contributed by atoms with Gasteiger partial charge in [-0.3, -0.25) is 4.79 Å². The van der Waals surface area contributed by atoms with Gasteiger partial charge in [0, 0.05) is 18.1 Å². The number of amides is 1. The summed E-state index contributed by atoms with van der Waals surface area (Å²) in [6.45, 7) is 0.429. The van der Waals surface area contributed by atoms with Crippen LogP contribution in [0, 0.1) is 5.82 Å². The van der Waals surface area contributed by atoms with Crippen molar-refractivity contribution in [2.24, 2.45) is 0 Å². The molecule has 104 valence electrons. The molecule has 0 aliphatic carbocycles. The van der Waals surface area contributed by atoms with Crippen LogP contribution in [0.4, 0.5) is 4.39 Å². The molecule has 0 fully saturated rings. The first-order valence-electron chi connectivity index (χ1n) is 5.93. The fraction of sp³-hybridized carbons (Fsp3) is 0.133. The molecular weight excluding hydrogens is 389 g/mol. The first kappa shape index (κ1) is 15.2. The minimum absolute atomic E-state index is 0.0685. The Morgan fingerprint density at radius 1 is 1.15 bits per heavy atom. The van der Waals surface area contributed by atoms with Gasteiger partial charge in [-0.05, 0) is 45.8 Å². The van der Waals surface area contributed by atoms with Crippen molar-refractivity contribution in [3.05, 3.63) is 68.4 Å². The molecule has 2 aromatic carbocycles. The van der Waals surface area contributed by atoms with Gasteiger partial charge in [0.15, 0.2) is 0 Å². The zero-order chi connectivity index (χ0) is 14.7. The molecule has 20 heavy (non-hydrogen) atoms. The van der Waals surface area contributed by atoms with Gasteiger partial charge in [-0.15, -0.1) is 0 Å². The molecule has 0 saturated carbocycles. The molecule has 0 heterocycles. The van der Waals surface area contributed by atoms with E-state index in [1.165, 1.54) is 11.0 Å². The number of benzene rings is 2. The van der Waals surface area contributed by atoms with Gasteiger partial charge in [-0.1, -0.05) is 34.1 Å². The van der Waals surface area contributed by atoms with Gasteiger partial charge in [0.05, 0.1) is 10.0 Å². The van der Waals surface area contributed by atoms with Gasteiger partial charge in [0.2, 0.25) is 0 Å². The highest BCUT2D eigenvalue weighted by Crippen LogP contribution is 2.20. The van der Waals surface area contributed by atoms with Crippen LogP contribution in [-0.4, -0.2) is 17.9 Å². The number of carbonyl (C=O) groups excluding carboxylic acids is 1. The average Bonchev–Trinajstić information content (AvgIpc) is 2.43. The Balaban J connectivity index is 2.16. The molecule has 0 bridgehead atoms. The summed E-state index contributed by atoms with van der Waals surface area (Å²) < 4.78 is 15.2. The molecule has 0 aliphatic rings. The van der Waals surface area contributed by atoms with Crippen LogP contribution in [0.15, 0.2) is 51.4 Å². The van der Waals surface area contributed by atoms with Crippen LogP contribution >= 0.6 is 31.9 Å². The monoisotopic (exact) mass is 399 g/mol. The molecule has 0 aliphatic heterocycles. The molecule has 0 radical (unpaired) electrons. The number of halogens is 3. The highest BCUT2D eigenvalue weighted by atomic mass is 79.9. The zero-order valence-corrected chi connectivity index (χ0v) is 13.9. The van der Waals surface area contributed by atoms with Crippen molar-refractivity contribution in [1.82, 2.24) is 4.90 Å². The van der Waals surface area contributed by atoms with E-state index in [1.54, 1.807) is 19.2 Å². The van der Waals surface area contributed by atoms with Gasteiger partial charge < -0.3 is 4.90 Å². The number of carbonyl (C=O) groups is 1. The van der Waals surface area contributed by atoms with Crippen LogP contribution in [0.25, 0.3) is 0 Å². The maximum atomic E-state index is 13.9. The van der Waals surface area contributed by atoms with Crippen LogP contribution in [0.2, 0.25) is 0 Å². The molecular formula is C15H12Br2FNO. The molecule has 0 atom stereocenters. The van der Waals surface area contributed by atoms with Crippen molar-refractivity contribution < 1.29 is 9.18 Å². The van der Waals surface area contributed by atoms with Crippen LogP contribution in [0.1, 0.15) is 15.9 Å². The second-order valence-corrected chi connectivity index (χ2v) is 6.16. The summed E-state index contributed by atoms with van der Waals surface area (Å²) in [4.78, 5) is 13.7. The Morgan fingerprint density at radius 2 is 1.80 bits per heavy atom. The van der Waals surface area contributed by atoms with Crippen molar-refractivity contribution in [3.8, 4) is 0 Å². The van der Waals surface area contributed by atoms with E-state index < -0.39 is 5.82 Å². The lowest BCUT2D eigenvalue weighted by Crippen LogP contribution is -2.27. The van der Waals surface area contributed by atoms with E-state index in [0.717, 1.165) is 10.0 Å². The lowest BCUT2D eigenvalue weighted by Gasteiger charge is -2.18. The van der Waals surface area contributed by atoms with E-state index in [9.17, 15) is 9.18 Å². The van der Waals surface area contributed by atoms with Crippen molar-refractivity contribution >= 4 is 37.8 Å². The summed E-state index contributed by atoms with van der Waals surface area (Å²) in [5.74, 6) is -0.869. The maximum Gasteiger partial charge on any atom is 0.256 e. The Morgan fingerprint density at radius 3 is 2.45 bits per heavy atom. The van der Waals surface area contributed by atoms with Crippen LogP contribution < -0.4 is 0 Å². The van der Waals surface area contributed by atoms with Crippen LogP contribution in [-0.2, 0) is 6.54 Å². The normalized spacial score (nSPS) is 10.4. The number of nitrogens with zero attached hydrogens (tertiary/aromatic N) is 1. The van der Waals surface area contributed by atoms with Gasteiger partial charge >= 0.3 is 0 Å². The van der Waals surface area contributed by atoms with E-state index in [0.29, 0.717) is 11.0 Å². The van der Waals surface area contributed by atoms with E-state index in [1.807, 2.05) is 24.3 Å². The molecule has 2 aromatic rings. The fourth-order valence-electron chi connectivity index (χ4n) is 1.81. The highest BCUT2D eigenvalue weighted by Gasteiger charge is 2.17. The largest absolute Gasteiger partial charge is 0.337 e. The Kier molecular flexibility index (Phi) is 4.94. The van der Waals surface area contributed by atoms with Gasteiger partial charge in [0.1, 0.15) is 5.82 Å². The highest BCUT2D eigenvalue weighted by molar-refractivity contribution is 9.10. The molecule has 2 nitrogen and oxygen atoms in total. The second-order valence-electron chi connectivity index (χ2n) is 4.39. The van der Waals surface area contributed by atoms with E-state index in [4.69, 9.17) is 0 Å². The molecule has 0 spiro atoms. The quantitative estimate of drug-likeness (QED) is 0.735. The van der Waals surface area contributed by atoms with Gasteiger partial charge in [-0.2, -0.15) is 0 Å². The minimum atomic E-state index is -0.528. The fourth-order valence-corrected chi connectivity index (χ4v) is 2.44.